The molecule has 1 nitrogen and oxygen atoms in total. The standard InChI is InChI=1S/C14H18O/c1-11-8-14(15-10-12(11)2)9-13-6-4-3-5-7-13/h3-7,14H,8-10H2,1-2H3. The van der Waals surface area contributed by atoms with Gasteiger partial charge >= 0.3 is 0 Å². The summed E-state index contributed by atoms with van der Waals surface area (Å²) in [6.45, 7) is 5.19. The molecule has 1 aliphatic heterocycles. The lowest BCUT2D eigenvalue weighted by Gasteiger charge is -2.25. The highest BCUT2D eigenvalue weighted by Crippen LogP contribution is 2.22. The summed E-state index contributed by atoms with van der Waals surface area (Å²) in [5.74, 6) is 0. The molecule has 15 heavy (non-hydrogen) atoms. The van der Waals surface area contributed by atoms with Gasteiger partial charge in [0.1, 0.15) is 0 Å². The molecule has 1 atom stereocenters. The van der Waals surface area contributed by atoms with Gasteiger partial charge < -0.3 is 4.74 Å². The van der Waals surface area contributed by atoms with E-state index in [0.717, 1.165) is 19.4 Å². The Labute approximate surface area is 91.8 Å². The van der Waals surface area contributed by atoms with Gasteiger partial charge in [-0.15, -0.1) is 0 Å². The zero-order valence-corrected chi connectivity index (χ0v) is 9.49. The Kier molecular flexibility index (Phi) is 3.22. The zero-order chi connectivity index (χ0) is 10.7. The van der Waals surface area contributed by atoms with E-state index in [9.17, 15) is 0 Å². The van der Waals surface area contributed by atoms with Gasteiger partial charge in [0.05, 0.1) is 12.7 Å². The maximum Gasteiger partial charge on any atom is 0.0680 e. The van der Waals surface area contributed by atoms with Crippen molar-refractivity contribution in [1.82, 2.24) is 0 Å². The van der Waals surface area contributed by atoms with E-state index >= 15 is 0 Å². The third-order valence-corrected chi connectivity index (χ3v) is 3.10. The van der Waals surface area contributed by atoms with Crippen LogP contribution in [0.3, 0.4) is 0 Å². The summed E-state index contributed by atoms with van der Waals surface area (Å²) in [5.41, 5.74) is 4.27. The molecule has 0 amide bonds. The first kappa shape index (κ1) is 10.4. The van der Waals surface area contributed by atoms with Crippen molar-refractivity contribution >= 4 is 0 Å². The molecular formula is C14H18O. The molecule has 2 rings (SSSR count). The van der Waals surface area contributed by atoms with Crippen molar-refractivity contribution in [3.63, 3.8) is 0 Å². The van der Waals surface area contributed by atoms with Crippen LogP contribution in [0.5, 0.6) is 0 Å². The van der Waals surface area contributed by atoms with Gasteiger partial charge in [0.25, 0.3) is 0 Å². The molecule has 80 valence electrons. The molecule has 1 aromatic carbocycles. The van der Waals surface area contributed by atoms with Gasteiger partial charge in [-0.1, -0.05) is 35.9 Å². The average molecular weight is 202 g/mol. The minimum atomic E-state index is 0.371. The number of rotatable bonds is 2. The number of benzene rings is 1. The first-order valence-electron chi connectivity index (χ1n) is 5.56. The molecule has 0 spiro atoms. The molecule has 1 heterocycles. The second-order valence-corrected chi connectivity index (χ2v) is 4.39. The van der Waals surface area contributed by atoms with Crippen LogP contribution in [0.4, 0.5) is 0 Å². The van der Waals surface area contributed by atoms with E-state index in [2.05, 4.69) is 44.2 Å². The third-order valence-electron chi connectivity index (χ3n) is 3.10. The summed E-state index contributed by atoms with van der Waals surface area (Å²) >= 11 is 0. The largest absolute Gasteiger partial charge is 0.373 e. The fraction of sp³-hybridized carbons (Fsp3) is 0.429. The molecule has 1 aliphatic rings. The number of hydrogen-bond donors (Lipinski definition) is 0. The lowest BCUT2D eigenvalue weighted by atomic mass is 9.97. The highest BCUT2D eigenvalue weighted by molar-refractivity contribution is 5.19. The molecule has 0 aromatic heterocycles. The van der Waals surface area contributed by atoms with Crippen molar-refractivity contribution in [3.05, 3.63) is 47.0 Å². The minimum absolute atomic E-state index is 0.371. The summed E-state index contributed by atoms with van der Waals surface area (Å²) in [4.78, 5) is 0. The maximum absolute atomic E-state index is 5.81. The zero-order valence-electron chi connectivity index (χ0n) is 9.49. The van der Waals surface area contributed by atoms with Crippen LogP contribution in [0.15, 0.2) is 41.5 Å². The molecule has 0 fully saturated rings. The van der Waals surface area contributed by atoms with Crippen molar-refractivity contribution in [2.24, 2.45) is 0 Å². The fourth-order valence-corrected chi connectivity index (χ4v) is 1.95. The van der Waals surface area contributed by atoms with E-state index < -0.39 is 0 Å². The van der Waals surface area contributed by atoms with Crippen LogP contribution in [0.25, 0.3) is 0 Å². The lowest BCUT2D eigenvalue weighted by molar-refractivity contribution is 0.0587. The number of ether oxygens (including phenoxy) is 1. The van der Waals surface area contributed by atoms with Crippen LogP contribution >= 0.6 is 0 Å². The molecule has 0 N–H and O–H groups in total. The minimum Gasteiger partial charge on any atom is -0.373 e. The smallest absolute Gasteiger partial charge is 0.0680 e. The number of hydrogen-bond acceptors (Lipinski definition) is 1. The Hall–Kier alpha value is -1.08. The Morgan fingerprint density at radius 2 is 1.87 bits per heavy atom. The third kappa shape index (κ3) is 2.69. The van der Waals surface area contributed by atoms with Gasteiger partial charge in [-0.05, 0) is 37.8 Å². The molecule has 0 aliphatic carbocycles. The highest BCUT2D eigenvalue weighted by atomic mass is 16.5. The van der Waals surface area contributed by atoms with Gasteiger partial charge in [-0.25, -0.2) is 0 Å². The quantitative estimate of drug-likeness (QED) is 0.668. The van der Waals surface area contributed by atoms with Gasteiger partial charge in [0.2, 0.25) is 0 Å². The lowest BCUT2D eigenvalue weighted by Crippen LogP contribution is -2.22. The summed E-state index contributed by atoms with van der Waals surface area (Å²) in [5, 5.41) is 0. The molecule has 1 aromatic rings. The van der Waals surface area contributed by atoms with E-state index in [1.54, 1.807) is 0 Å². The fourth-order valence-electron chi connectivity index (χ4n) is 1.95. The maximum atomic E-state index is 5.81. The Morgan fingerprint density at radius 1 is 1.13 bits per heavy atom. The first-order valence-corrected chi connectivity index (χ1v) is 5.56. The van der Waals surface area contributed by atoms with Crippen LogP contribution in [-0.4, -0.2) is 12.7 Å². The van der Waals surface area contributed by atoms with Gasteiger partial charge in [0.15, 0.2) is 0 Å². The van der Waals surface area contributed by atoms with E-state index in [4.69, 9.17) is 4.74 Å². The van der Waals surface area contributed by atoms with Crippen molar-refractivity contribution in [2.45, 2.75) is 32.8 Å². The first-order chi connectivity index (χ1) is 7.25. The van der Waals surface area contributed by atoms with Crippen molar-refractivity contribution in [3.8, 4) is 0 Å². The Bertz CT molecular complexity index is 351. The molecule has 0 radical (unpaired) electrons. The molecular weight excluding hydrogens is 184 g/mol. The van der Waals surface area contributed by atoms with Crippen molar-refractivity contribution in [1.29, 1.82) is 0 Å². The van der Waals surface area contributed by atoms with Gasteiger partial charge in [0, 0.05) is 0 Å². The molecule has 0 saturated heterocycles. The van der Waals surface area contributed by atoms with Crippen LogP contribution in [0, 0.1) is 0 Å². The van der Waals surface area contributed by atoms with E-state index in [-0.39, 0.29) is 0 Å². The molecule has 0 saturated carbocycles. The van der Waals surface area contributed by atoms with Crippen LogP contribution in [0.1, 0.15) is 25.8 Å². The summed E-state index contributed by atoms with van der Waals surface area (Å²) < 4.78 is 5.81. The van der Waals surface area contributed by atoms with Crippen LogP contribution < -0.4 is 0 Å². The van der Waals surface area contributed by atoms with Crippen molar-refractivity contribution in [2.75, 3.05) is 6.61 Å². The van der Waals surface area contributed by atoms with Gasteiger partial charge in [-0.3, -0.25) is 0 Å². The Balaban J connectivity index is 1.98. The van der Waals surface area contributed by atoms with E-state index in [1.165, 1.54) is 16.7 Å². The predicted octanol–water partition coefficient (Wildman–Crippen LogP) is 3.35. The van der Waals surface area contributed by atoms with E-state index in [1.807, 2.05) is 0 Å². The molecule has 1 unspecified atom stereocenters. The predicted molar refractivity (Wildman–Crippen MR) is 62.9 cm³/mol. The van der Waals surface area contributed by atoms with Gasteiger partial charge in [-0.2, -0.15) is 0 Å². The summed E-state index contributed by atoms with van der Waals surface area (Å²) in [6, 6.07) is 10.6. The molecule has 0 bridgehead atoms. The monoisotopic (exact) mass is 202 g/mol. The topological polar surface area (TPSA) is 9.23 Å². The van der Waals surface area contributed by atoms with Crippen molar-refractivity contribution < 1.29 is 4.74 Å². The molecule has 1 heteroatoms. The average Bonchev–Trinajstić information content (AvgIpc) is 2.25. The van der Waals surface area contributed by atoms with Crippen LogP contribution in [-0.2, 0) is 11.2 Å². The van der Waals surface area contributed by atoms with Crippen LogP contribution in [0.2, 0.25) is 0 Å². The highest BCUT2D eigenvalue weighted by Gasteiger charge is 2.16. The normalized spacial score (nSPS) is 21.9. The summed E-state index contributed by atoms with van der Waals surface area (Å²) in [7, 11) is 0. The SMILES string of the molecule is CC1=C(C)CC(Cc2ccccc2)OC1. The summed E-state index contributed by atoms with van der Waals surface area (Å²) in [6.07, 6.45) is 2.49. The second-order valence-electron chi connectivity index (χ2n) is 4.39. The second kappa shape index (κ2) is 4.63. The van der Waals surface area contributed by atoms with E-state index in [0.29, 0.717) is 6.10 Å². The Morgan fingerprint density at radius 3 is 2.53 bits per heavy atom.